The molecule has 0 atom stereocenters. The molecule has 1 aromatic heterocycles. The third-order valence-electron chi connectivity index (χ3n) is 2.10. The number of benzene rings is 1. The van der Waals surface area contributed by atoms with Crippen LogP contribution < -0.4 is 0 Å². The Kier molecular flexibility index (Phi) is 2.89. The SMILES string of the molecule is O=C(O)c1nc2ccccc2c(O)c1SCl. The fourth-order valence-corrected chi connectivity index (χ4v) is 2.22. The summed E-state index contributed by atoms with van der Waals surface area (Å²) in [6, 6.07) is 6.73. The van der Waals surface area contributed by atoms with Crippen LogP contribution in [0.1, 0.15) is 10.5 Å². The first-order chi connectivity index (χ1) is 7.65. The molecule has 6 heteroatoms. The lowest BCUT2D eigenvalue weighted by molar-refractivity contribution is 0.0686. The van der Waals surface area contributed by atoms with E-state index >= 15 is 0 Å². The topological polar surface area (TPSA) is 70.4 Å². The van der Waals surface area contributed by atoms with Crippen LogP contribution in [0.25, 0.3) is 10.9 Å². The van der Waals surface area contributed by atoms with Gasteiger partial charge in [0, 0.05) is 5.39 Å². The number of aromatic carboxylic acids is 1. The first-order valence-corrected chi connectivity index (χ1v) is 5.93. The highest BCUT2D eigenvalue weighted by atomic mass is 35.7. The maximum Gasteiger partial charge on any atom is 0.355 e. The molecule has 0 unspecified atom stereocenters. The van der Waals surface area contributed by atoms with Crippen LogP contribution in [0.3, 0.4) is 0 Å². The first-order valence-electron chi connectivity index (χ1n) is 4.28. The summed E-state index contributed by atoms with van der Waals surface area (Å²) in [6.45, 7) is 0. The normalized spacial score (nSPS) is 10.6. The maximum absolute atomic E-state index is 10.9. The number of nitrogens with zero attached hydrogens (tertiary/aromatic N) is 1. The van der Waals surface area contributed by atoms with Crippen LogP contribution in [0.15, 0.2) is 29.2 Å². The molecular formula is C10H6ClNO3S. The highest BCUT2D eigenvalue weighted by Gasteiger charge is 2.19. The van der Waals surface area contributed by atoms with Crippen LogP contribution in [0, 0.1) is 0 Å². The number of pyridine rings is 1. The monoisotopic (exact) mass is 255 g/mol. The number of carbonyl (C=O) groups is 1. The zero-order chi connectivity index (χ0) is 11.7. The molecule has 2 aromatic rings. The van der Waals surface area contributed by atoms with Crippen LogP contribution in [0.4, 0.5) is 0 Å². The molecule has 0 fully saturated rings. The second-order valence-corrected chi connectivity index (χ2v) is 4.06. The van der Waals surface area contributed by atoms with Crippen molar-refractivity contribution in [3.8, 4) is 5.75 Å². The third-order valence-corrected chi connectivity index (χ3v) is 3.11. The molecule has 0 aliphatic carbocycles. The number of fused-ring (bicyclic) bond motifs is 1. The Morgan fingerprint density at radius 3 is 2.69 bits per heavy atom. The van der Waals surface area contributed by atoms with Crippen molar-refractivity contribution in [1.82, 2.24) is 4.98 Å². The third kappa shape index (κ3) is 1.68. The fourth-order valence-electron chi connectivity index (χ4n) is 1.40. The molecule has 0 saturated heterocycles. The molecule has 4 nitrogen and oxygen atoms in total. The lowest BCUT2D eigenvalue weighted by atomic mass is 10.2. The van der Waals surface area contributed by atoms with Crippen LogP contribution >= 0.6 is 21.7 Å². The Balaban J connectivity index is 2.87. The number of para-hydroxylation sites is 1. The zero-order valence-electron chi connectivity index (χ0n) is 7.85. The summed E-state index contributed by atoms with van der Waals surface area (Å²) in [5.74, 6) is -1.37. The number of aromatic hydroxyl groups is 1. The maximum atomic E-state index is 10.9. The summed E-state index contributed by atoms with van der Waals surface area (Å²) < 4.78 is 0. The number of carboxylic acid groups (broad SMARTS) is 1. The Morgan fingerprint density at radius 1 is 1.38 bits per heavy atom. The van der Waals surface area contributed by atoms with Gasteiger partial charge in [0.25, 0.3) is 0 Å². The number of hydrogen-bond donors (Lipinski definition) is 2. The number of aromatic nitrogens is 1. The molecule has 0 aliphatic rings. The van der Waals surface area contributed by atoms with E-state index in [-0.39, 0.29) is 16.3 Å². The summed E-state index contributed by atoms with van der Waals surface area (Å²) in [5.41, 5.74) is 0.183. The molecule has 0 saturated carbocycles. The summed E-state index contributed by atoms with van der Waals surface area (Å²) in [6.07, 6.45) is 0. The second kappa shape index (κ2) is 4.19. The van der Waals surface area contributed by atoms with Gasteiger partial charge in [0.2, 0.25) is 0 Å². The minimum atomic E-state index is -1.22. The lowest BCUT2D eigenvalue weighted by Gasteiger charge is -2.07. The predicted octanol–water partition coefficient (Wildman–Crippen LogP) is 2.88. The number of rotatable bonds is 2. The van der Waals surface area contributed by atoms with Gasteiger partial charge in [-0.25, -0.2) is 9.78 Å². The van der Waals surface area contributed by atoms with E-state index in [2.05, 4.69) is 4.98 Å². The van der Waals surface area contributed by atoms with Crippen molar-refractivity contribution >= 4 is 38.5 Å². The molecule has 0 amide bonds. The van der Waals surface area contributed by atoms with Gasteiger partial charge in [-0.05, 0) is 33.8 Å². The Labute approximate surface area is 99.4 Å². The molecule has 1 heterocycles. The van der Waals surface area contributed by atoms with Crippen LogP contribution in [0.5, 0.6) is 5.75 Å². The molecule has 2 rings (SSSR count). The first kappa shape index (κ1) is 11.0. The van der Waals surface area contributed by atoms with Crippen molar-refractivity contribution < 1.29 is 15.0 Å². The van der Waals surface area contributed by atoms with E-state index in [9.17, 15) is 9.90 Å². The number of carboxylic acids is 1. The van der Waals surface area contributed by atoms with Crippen molar-refractivity contribution in [2.75, 3.05) is 0 Å². The van der Waals surface area contributed by atoms with Crippen LogP contribution in [0.2, 0.25) is 0 Å². The smallest absolute Gasteiger partial charge is 0.355 e. The van der Waals surface area contributed by atoms with Gasteiger partial charge in [0.15, 0.2) is 5.69 Å². The van der Waals surface area contributed by atoms with Gasteiger partial charge in [-0.15, -0.1) is 0 Å². The zero-order valence-corrected chi connectivity index (χ0v) is 9.42. The standard InChI is InChI=1S/C10H6ClNO3S/c11-16-9-7(10(14)15)12-6-4-2-1-3-5(6)8(9)13/h1-4H,(H,12,13)(H,14,15). The predicted molar refractivity (Wildman–Crippen MR) is 62.1 cm³/mol. The van der Waals surface area contributed by atoms with Gasteiger partial charge in [0.1, 0.15) is 5.75 Å². The van der Waals surface area contributed by atoms with E-state index in [4.69, 9.17) is 15.8 Å². The minimum Gasteiger partial charge on any atom is -0.506 e. The Hall–Kier alpha value is -1.46. The van der Waals surface area contributed by atoms with E-state index < -0.39 is 5.97 Å². The average Bonchev–Trinajstić information content (AvgIpc) is 2.29. The lowest BCUT2D eigenvalue weighted by Crippen LogP contribution is -2.03. The van der Waals surface area contributed by atoms with E-state index in [1.165, 1.54) is 0 Å². The molecule has 0 aliphatic heterocycles. The molecular weight excluding hydrogens is 250 g/mol. The van der Waals surface area contributed by atoms with Crippen molar-refractivity contribution in [3.63, 3.8) is 0 Å². The highest BCUT2D eigenvalue weighted by Crippen LogP contribution is 2.38. The van der Waals surface area contributed by atoms with Gasteiger partial charge < -0.3 is 10.2 Å². The molecule has 2 N–H and O–H groups in total. The second-order valence-electron chi connectivity index (χ2n) is 3.04. The van der Waals surface area contributed by atoms with Gasteiger partial charge in [-0.1, -0.05) is 12.1 Å². The van der Waals surface area contributed by atoms with E-state index in [0.29, 0.717) is 21.9 Å². The fraction of sp³-hybridized carbons (Fsp3) is 0. The summed E-state index contributed by atoms with van der Waals surface area (Å²) in [4.78, 5) is 14.9. The Morgan fingerprint density at radius 2 is 2.06 bits per heavy atom. The van der Waals surface area contributed by atoms with Crippen molar-refractivity contribution in [2.24, 2.45) is 0 Å². The summed E-state index contributed by atoms with van der Waals surface area (Å²) in [5, 5.41) is 19.3. The number of hydrogen-bond acceptors (Lipinski definition) is 4. The van der Waals surface area contributed by atoms with Gasteiger partial charge in [-0.3, -0.25) is 0 Å². The van der Waals surface area contributed by atoms with E-state index in [1.807, 2.05) is 0 Å². The molecule has 82 valence electrons. The quantitative estimate of drug-likeness (QED) is 0.863. The van der Waals surface area contributed by atoms with Crippen molar-refractivity contribution in [1.29, 1.82) is 0 Å². The van der Waals surface area contributed by atoms with Gasteiger partial charge in [-0.2, -0.15) is 0 Å². The molecule has 0 spiro atoms. The number of halogens is 1. The highest BCUT2D eigenvalue weighted by molar-refractivity contribution is 8.21. The van der Waals surface area contributed by atoms with Crippen molar-refractivity contribution in [2.45, 2.75) is 4.90 Å². The van der Waals surface area contributed by atoms with E-state index in [0.717, 1.165) is 0 Å². The van der Waals surface area contributed by atoms with Gasteiger partial charge in [0.05, 0.1) is 10.4 Å². The van der Waals surface area contributed by atoms with E-state index in [1.54, 1.807) is 24.3 Å². The molecule has 0 bridgehead atoms. The summed E-state index contributed by atoms with van der Waals surface area (Å²) in [7, 11) is 6.18. The molecule has 1 aromatic carbocycles. The molecule has 16 heavy (non-hydrogen) atoms. The summed E-state index contributed by atoms with van der Waals surface area (Å²) >= 11 is 0. The Bertz CT molecular complexity index is 573. The van der Waals surface area contributed by atoms with Crippen LogP contribution in [-0.2, 0) is 0 Å². The molecule has 0 radical (unpaired) electrons. The van der Waals surface area contributed by atoms with Gasteiger partial charge >= 0.3 is 5.97 Å². The van der Waals surface area contributed by atoms with Crippen molar-refractivity contribution in [3.05, 3.63) is 30.0 Å². The average molecular weight is 256 g/mol. The minimum absolute atomic E-state index is 0.0628. The largest absolute Gasteiger partial charge is 0.506 e. The van der Waals surface area contributed by atoms with Crippen LogP contribution in [-0.4, -0.2) is 21.2 Å².